The predicted octanol–water partition coefficient (Wildman–Crippen LogP) is 1.62. The molecular formula is C15H19N3O2. The summed E-state index contributed by atoms with van der Waals surface area (Å²) in [6, 6.07) is 3.66. The molecule has 0 radical (unpaired) electrons. The summed E-state index contributed by atoms with van der Waals surface area (Å²) in [6.45, 7) is 0.143. The number of amides is 1. The Morgan fingerprint density at radius 2 is 2.25 bits per heavy atom. The standard InChI is InChI=1S/C15H19N3O2/c19-10-12-3-1-2-4-13(12)17-15(20)11-5-7-18-8-6-16-14(18)9-11/h5-9,12-13,19H,1-4,10H2,(H,17,20). The fourth-order valence-corrected chi connectivity index (χ4v) is 2.92. The highest BCUT2D eigenvalue weighted by Crippen LogP contribution is 2.24. The first-order chi connectivity index (χ1) is 9.78. The molecule has 2 atom stereocenters. The number of aliphatic hydroxyl groups is 1. The van der Waals surface area contributed by atoms with E-state index in [9.17, 15) is 9.90 Å². The average molecular weight is 273 g/mol. The fourth-order valence-electron chi connectivity index (χ4n) is 2.92. The molecule has 2 N–H and O–H groups in total. The first kappa shape index (κ1) is 13.1. The van der Waals surface area contributed by atoms with Crippen molar-refractivity contribution in [1.82, 2.24) is 14.7 Å². The maximum atomic E-state index is 12.3. The zero-order valence-electron chi connectivity index (χ0n) is 11.3. The van der Waals surface area contributed by atoms with Crippen LogP contribution in [0.4, 0.5) is 0 Å². The third-order valence-corrected chi connectivity index (χ3v) is 4.12. The molecule has 5 nitrogen and oxygen atoms in total. The molecule has 0 saturated heterocycles. The minimum Gasteiger partial charge on any atom is -0.396 e. The molecule has 3 rings (SSSR count). The molecule has 5 heteroatoms. The molecule has 106 valence electrons. The molecule has 20 heavy (non-hydrogen) atoms. The molecule has 0 aromatic carbocycles. The van der Waals surface area contributed by atoms with E-state index >= 15 is 0 Å². The molecule has 1 saturated carbocycles. The highest BCUT2D eigenvalue weighted by atomic mass is 16.3. The Labute approximate surface area is 117 Å². The second kappa shape index (κ2) is 5.63. The summed E-state index contributed by atoms with van der Waals surface area (Å²) in [6.07, 6.45) is 9.57. The van der Waals surface area contributed by atoms with Crippen molar-refractivity contribution in [2.24, 2.45) is 5.92 Å². The molecule has 1 amide bonds. The predicted molar refractivity (Wildman–Crippen MR) is 75.5 cm³/mol. The van der Waals surface area contributed by atoms with Gasteiger partial charge in [-0.15, -0.1) is 0 Å². The molecular weight excluding hydrogens is 254 g/mol. The minimum atomic E-state index is -0.0825. The van der Waals surface area contributed by atoms with Crippen LogP contribution in [0.15, 0.2) is 30.7 Å². The fraction of sp³-hybridized carbons (Fsp3) is 0.467. The van der Waals surface area contributed by atoms with E-state index in [4.69, 9.17) is 0 Å². The van der Waals surface area contributed by atoms with Crippen molar-refractivity contribution in [3.8, 4) is 0 Å². The van der Waals surface area contributed by atoms with E-state index in [0.29, 0.717) is 5.56 Å². The van der Waals surface area contributed by atoms with Gasteiger partial charge in [-0.1, -0.05) is 12.8 Å². The smallest absolute Gasteiger partial charge is 0.251 e. The average Bonchev–Trinajstić information content (AvgIpc) is 2.95. The molecule has 2 aromatic rings. The zero-order valence-corrected chi connectivity index (χ0v) is 11.3. The minimum absolute atomic E-state index is 0.0808. The second-order valence-electron chi connectivity index (χ2n) is 5.42. The van der Waals surface area contributed by atoms with Gasteiger partial charge in [-0.3, -0.25) is 4.79 Å². The Hall–Kier alpha value is -1.88. The summed E-state index contributed by atoms with van der Waals surface area (Å²) in [5.74, 6) is 0.101. The van der Waals surface area contributed by atoms with Gasteiger partial charge in [-0.2, -0.15) is 0 Å². The lowest BCUT2D eigenvalue weighted by Gasteiger charge is -2.30. The van der Waals surface area contributed by atoms with Crippen molar-refractivity contribution in [3.63, 3.8) is 0 Å². The number of aromatic nitrogens is 2. The lowest BCUT2D eigenvalue weighted by molar-refractivity contribution is 0.0872. The van der Waals surface area contributed by atoms with Crippen LogP contribution >= 0.6 is 0 Å². The third kappa shape index (κ3) is 2.54. The first-order valence-electron chi connectivity index (χ1n) is 7.12. The van der Waals surface area contributed by atoms with Crippen LogP contribution in [0, 0.1) is 5.92 Å². The molecule has 0 spiro atoms. The Bertz CT molecular complexity index is 608. The molecule has 1 aliphatic rings. The van der Waals surface area contributed by atoms with Crippen molar-refractivity contribution in [2.75, 3.05) is 6.61 Å². The number of pyridine rings is 1. The quantitative estimate of drug-likeness (QED) is 0.893. The summed E-state index contributed by atoms with van der Waals surface area (Å²) in [5.41, 5.74) is 1.38. The lowest BCUT2D eigenvalue weighted by atomic mass is 9.85. The molecule has 0 aliphatic heterocycles. The van der Waals surface area contributed by atoms with Crippen LogP contribution in [0.3, 0.4) is 0 Å². The maximum absolute atomic E-state index is 12.3. The van der Waals surface area contributed by atoms with E-state index in [1.807, 2.05) is 16.8 Å². The summed E-state index contributed by atoms with van der Waals surface area (Å²) >= 11 is 0. The van der Waals surface area contributed by atoms with Crippen LogP contribution in [-0.2, 0) is 0 Å². The Morgan fingerprint density at radius 3 is 3.10 bits per heavy atom. The number of aliphatic hydroxyl groups excluding tert-OH is 1. The summed E-state index contributed by atoms with van der Waals surface area (Å²) in [5, 5.41) is 12.5. The van der Waals surface area contributed by atoms with Crippen LogP contribution in [-0.4, -0.2) is 33.0 Å². The number of hydrogen-bond acceptors (Lipinski definition) is 3. The molecule has 2 unspecified atom stereocenters. The Balaban J connectivity index is 1.74. The van der Waals surface area contributed by atoms with Gasteiger partial charge in [0.1, 0.15) is 5.65 Å². The van der Waals surface area contributed by atoms with Gasteiger partial charge in [-0.05, 0) is 25.0 Å². The van der Waals surface area contributed by atoms with Gasteiger partial charge in [-0.25, -0.2) is 4.98 Å². The van der Waals surface area contributed by atoms with Gasteiger partial charge in [0.15, 0.2) is 0 Å². The largest absolute Gasteiger partial charge is 0.396 e. The summed E-state index contributed by atoms with van der Waals surface area (Å²) in [4.78, 5) is 16.5. The van der Waals surface area contributed by atoms with Crippen molar-refractivity contribution >= 4 is 11.6 Å². The van der Waals surface area contributed by atoms with Crippen molar-refractivity contribution in [2.45, 2.75) is 31.7 Å². The number of imidazole rings is 1. The van der Waals surface area contributed by atoms with Crippen LogP contribution in [0.2, 0.25) is 0 Å². The highest BCUT2D eigenvalue weighted by Gasteiger charge is 2.26. The molecule has 2 aromatic heterocycles. The van der Waals surface area contributed by atoms with Gasteiger partial charge in [0.05, 0.1) is 0 Å². The molecule has 1 fully saturated rings. The van der Waals surface area contributed by atoms with Crippen molar-refractivity contribution < 1.29 is 9.90 Å². The summed E-state index contributed by atoms with van der Waals surface area (Å²) < 4.78 is 1.87. The van der Waals surface area contributed by atoms with E-state index in [-0.39, 0.29) is 24.5 Å². The first-order valence-corrected chi connectivity index (χ1v) is 7.12. The highest BCUT2D eigenvalue weighted by molar-refractivity contribution is 5.95. The van der Waals surface area contributed by atoms with Crippen LogP contribution in [0.25, 0.3) is 5.65 Å². The topological polar surface area (TPSA) is 66.6 Å². The van der Waals surface area contributed by atoms with E-state index in [1.165, 1.54) is 0 Å². The van der Waals surface area contributed by atoms with Crippen LogP contribution < -0.4 is 5.32 Å². The van der Waals surface area contributed by atoms with Gasteiger partial charge < -0.3 is 14.8 Å². The number of nitrogens with zero attached hydrogens (tertiary/aromatic N) is 2. The number of nitrogens with one attached hydrogen (secondary N) is 1. The van der Waals surface area contributed by atoms with E-state index in [1.54, 1.807) is 18.3 Å². The van der Waals surface area contributed by atoms with Crippen molar-refractivity contribution in [1.29, 1.82) is 0 Å². The molecule has 1 aliphatic carbocycles. The number of carbonyl (C=O) groups is 1. The third-order valence-electron chi connectivity index (χ3n) is 4.12. The van der Waals surface area contributed by atoms with E-state index in [2.05, 4.69) is 10.3 Å². The van der Waals surface area contributed by atoms with Crippen molar-refractivity contribution in [3.05, 3.63) is 36.3 Å². The van der Waals surface area contributed by atoms with Crippen LogP contribution in [0.5, 0.6) is 0 Å². The Morgan fingerprint density at radius 1 is 1.40 bits per heavy atom. The lowest BCUT2D eigenvalue weighted by Crippen LogP contribution is -2.43. The normalized spacial score (nSPS) is 22.9. The van der Waals surface area contributed by atoms with Gasteiger partial charge in [0.2, 0.25) is 0 Å². The zero-order chi connectivity index (χ0) is 13.9. The number of fused-ring (bicyclic) bond motifs is 1. The SMILES string of the molecule is O=C(NC1CCCCC1CO)c1ccn2ccnc2c1. The van der Waals surface area contributed by atoms with Crippen LogP contribution in [0.1, 0.15) is 36.0 Å². The van der Waals surface area contributed by atoms with Gasteiger partial charge in [0, 0.05) is 42.7 Å². The second-order valence-corrected chi connectivity index (χ2v) is 5.42. The Kier molecular flexibility index (Phi) is 3.69. The number of hydrogen-bond donors (Lipinski definition) is 2. The maximum Gasteiger partial charge on any atom is 0.251 e. The van der Waals surface area contributed by atoms with Gasteiger partial charge in [0.25, 0.3) is 5.91 Å². The number of rotatable bonds is 3. The van der Waals surface area contributed by atoms with E-state index in [0.717, 1.165) is 31.3 Å². The van der Waals surface area contributed by atoms with E-state index < -0.39 is 0 Å². The van der Waals surface area contributed by atoms with Gasteiger partial charge >= 0.3 is 0 Å². The number of carbonyl (C=O) groups excluding carboxylic acids is 1. The summed E-state index contributed by atoms with van der Waals surface area (Å²) in [7, 11) is 0. The monoisotopic (exact) mass is 273 g/mol. The molecule has 2 heterocycles. The molecule has 0 bridgehead atoms.